The van der Waals surface area contributed by atoms with Crippen LogP contribution in [0, 0.1) is 6.92 Å². The quantitative estimate of drug-likeness (QED) is 0.489. The summed E-state index contributed by atoms with van der Waals surface area (Å²) in [7, 11) is 0. The summed E-state index contributed by atoms with van der Waals surface area (Å²) in [6, 6.07) is 0.479. The van der Waals surface area contributed by atoms with E-state index in [0.29, 0.717) is 24.4 Å². The van der Waals surface area contributed by atoms with Crippen molar-refractivity contribution in [3.63, 3.8) is 0 Å². The zero-order chi connectivity index (χ0) is 12.8. The van der Waals surface area contributed by atoms with E-state index >= 15 is 0 Å². The van der Waals surface area contributed by atoms with Crippen LogP contribution in [0.4, 0.5) is 0 Å². The van der Waals surface area contributed by atoms with Gasteiger partial charge < -0.3 is 15.5 Å². The predicted molar refractivity (Wildman–Crippen MR) is 71.2 cm³/mol. The number of oxazole rings is 1. The molecule has 1 aromatic rings. The van der Waals surface area contributed by atoms with E-state index in [1.807, 2.05) is 6.92 Å². The van der Waals surface area contributed by atoms with Crippen molar-refractivity contribution in [3.05, 3.63) is 17.8 Å². The molecular formula is C13H22N4O. The van der Waals surface area contributed by atoms with E-state index in [0.717, 1.165) is 5.76 Å². The molecule has 0 bridgehead atoms. The molecule has 100 valence electrons. The van der Waals surface area contributed by atoms with Gasteiger partial charge in [-0.15, -0.1) is 0 Å². The van der Waals surface area contributed by atoms with E-state index in [1.54, 1.807) is 6.20 Å². The summed E-state index contributed by atoms with van der Waals surface area (Å²) >= 11 is 0. The van der Waals surface area contributed by atoms with Crippen LogP contribution >= 0.6 is 0 Å². The van der Waals surface area contributed by atoms with E-state index in [4.69, 9.17) is 10.2 Å². The molecule has 1 aliphatic rings. The lowest BCUT2D eigenvalue weighted by atomic mass is 10.1. The molecule has 0 atom stereocenters. The minimum Gasteiger partial charge on any atom is -0.444 e. The molecule has 1 fully saturated rings. The number of rotatable bonds is 3. The fourth-order valence-electron chi connectivity index (χ4n) is 2.32. The van der Waals surface area contributed by atoms with E-state index < -0.39 is 0 Å². The van der Waals surface area contributed by atoms with Crippen molar-refractivity contribution in [1.82, 2.24) is 10.3 Å². The van der Waals surface area contributed by atoms with Crippen LogP contribution in [-0.4, -0.2) is 17.0 Å². The van der Waals surface area contributed by atoms with Gasteiger partial charge in [0.25, 0.3) is 0 Å². The molecule has 0 radical (unpaired) electrons. The topological polar surface area (TPSA) is 76.4 Å². The molecule has 1 aromatic heterocycles. The summed E-state index contributed by atoms with van der Waals surface area (Å²) in [6.45, 7) is 2.27. The first-order chi connectivity index (χ1) is 8.74. The molecule has 1 heterocycles. The van der Waals surface area contributed by atoms with Gasteiger partial charge in [0, 0.05) is 13.0 Å². The molecule has 5 heteroatoms. The van der Waals surface area contributed by atoms with Crippen LogP contribution in [0.1, 0.15) is 50.2 Å². The van der Waals surface area contributed by atoms with Crippen molar-refractivity contribution >= 4 is 5.96 Å². The monoisotopic (exact) mass is 250 g/mol. The molecule has 0 aliphatic heterocycles. The van der Waals surface area contributed by atoms with Gasteiger partial charge in [-0.25, -0.2) is 9.98 Å². The summed E-state index contributed by atoms with van der Waals surface area (Å²) < 4.78 is 5.34. The lowest BCUT2D eigenvalue weighted by Gasteiger charge is -2.16. The second-order valence-electron chi connectivity index (χ2n) is 4.88. The molecular weight excluding hydrogens is 228 g/mol. The van der Waals surface area contributed by atoms with Crippen LogP contribution in [-0.2, 0) is 6.54 Å². The Bertz CT molecular complexity index is 391. The Morgan fingerprint density at radius 3 is 2.78 bits per heavy atom. The molecule has 0 spiro atoms. The largest absolute Gasteiger partial charge is 0.444 e. The number of guanidine groups is 1. The molecule has 5 nitrogen and oxygen atoms in total. The van der Waals surface area contributed by atoms with Gasteiger partial charge in [-0.3, -0.25) is 0 Å². The maximum atomic E-state index is 5.89. The highest BCUT2D eigenvalue weighted by molar-refractivity contribution is 5.78. The second kappa shape index (κ2) is 6.42. The van der Waals surface area contributed by atoms with Gasteiger partial charge in [-0.1, -0.05) is 25.7 Å². The fraction of sp³-hybridized carbons (Fsp3) is 0.692. The Balaban J connectivity index is 1.80. The summed E-state index contributed by atoms with van der Waals surface area (Å²) in [5.41, 5.74) is 5.89. The molecule has 18 heavy (non-hydrogen) atoms. The first-order valence-corrected chi connectivity index (χ1v) is 6.72. The Labute approximate surface area is 108 Å². The highest BCUT2D eigenvalue weighted by Crippen LogP contribution is 2.16. The van der Waals surface area contributed by atoms with Crippen molar-refractivity contribution in [3.8, 4) is 0 Å². The third-order valence-corrected chi connectivity index (χ3v) is 3.28. The van der Waals surface area contributed by atoms with Crippen LogP contribution in [0.25, 0.3) is 0 Å². The average Bonchev–Trinajstić information content (AvgIpc) is 2.60. The molecule has 0 saturated heterocycles. The smallest absolute Gasteiger partial charge is 0.191 e. The molecule has 1 saturated carbocycles. The minimum atomic E-state index is 0.451. The van der Waals surface area contributed by atoms with E-state index in [9.17, 15) is 0 Å². The summed E-state index contributed by atoms with van der Waals surface area (Å²) in [6.07, 6.45) is 9.32. The van der Waals surface area contributed by atoms with Gasteiger partial charge in [-0.05, 0) is 12.8 Å². The van der Waals surface area contributed by atoms with Gasteiger partial charge in [-0.2, -0.15) is 0 Å². The molecule has 1 aliphatic carbocycles. The Morgan fingerprint density at radius 1 is 1.44 bits per heavy atom. The number of nitrogens with zero attached hydrogens (tertiary/aromatic N) is 2. The van der Waals surface area contributed by atoms with Crippen molar-refractivity contribution in [1.29, 1.82) is 0 Å². The van der Waals surface area contributed by atoms with Crippen LogP contribution in [0.5, 0.6) is 0 Å². The van der Waals surface area contributed by atoms with Crippen molar-refractivity contribution < 1.29 is 4.42 Å². The Morgan fingerprint density at radius 2 is 2.17 bits per heavy atom. The highest BCUT2D eigenvalue weighted by Gasteiger charge is 2.12. The van der Waals surface area contributed by atoms with Crippen LogP contribution < -0.4 is 11.1 Å². The fourth-order valence-corrected chi connectivity index (χ4v) is 2.32. The first-order valence-electron chi connectivity index (χ1n) is 6.72. The van der Waals surface area contributed by atoms with Crippen LogP contribution in [0.2, 0.25) is 0 Å². The number of aromatic nitrogens is 1. The lowest BCUT2D eigenvalue weighted by Crippen LogP contribution is -2.39. The SMILES string of the molecule is Cc1ncc(CN=C(N)NC2CCCCCC2)o1. The number of aryl methyl sites for hydroxylation is 1. The maximum Gasteiger partial charge on any atom is 0.191 e. The normalized spacial score (nSPS) is 18.6. The zero-order valence-electron chi connectivity index (χ0n) is 11.0. The van der Waals surface area contributed by atoms with E-state index in [1.165, 1.54) is 38.5 Å². The van der Waals surface area contributed by atoms with Crippen molar-refractivity contribution in [2.45, 2.75) is 58.0 Å². The number of aliphatic imine (C=N–C) groups is 1. The van der Waals surface area contributed by atoms with Crippen molar-refractivity contribution in [2.24, 2.45) is 10.7 Å². The lowest BCUT2D eigenvalue weighted by molar-refractivity contribution is 0.476. The third kappa shape index (κ3) is 4.05. The summed E-state index contributed by atoms with van der Waals surface area (Å²) in [5, 5.41) is 3.30. The number of hydrogen-bond donors (Lipinski definition) is 2. The zero-order valence-corrected chi connectivity index (χ0v) is 11.0. The predicted octanol–water partition coefficient (Wildman–Crippen LogP) is 2.11. The molecule has 0 aromatic carbocycles. The average molecular weight is 250 g/mol. The Kier molecular flexibility index (Phi) is 4.61. The minimum absolute atomic E-state index is 0.451. The standard InChI is InChI=1S/C13H22N4O/c1-10-15-8-12(18-10)9-16-13(14)17-11-6-4-2-3-5-7-11/h8,11H,2-7,9H2,1H3,(H3,14,16,17). The van der Waals surface area contributed by atoms with Gasteiger partial charge in [0.05, 0.1) is 6.20 Å². The summed E-state index contributed by atoms with van der Waals surface area (Å²) in [5.74, 6) is 1.92. The highest BCUT2D eigenvalue weighted by atomic mass is 16.4. The molecule has 3 N–H and O–H groups in total. The maximum absolute atomic E-state index is 5.89. The number of nitrogens with one attached hydrogen (secondary N) is 1. The van der Waals surface area contributed by atoms with Gasteiger partial charge in [0.1, 0.15) is 12.3 Å². The van der Waals surface area contributed by atoms with Crippen LogP contribution in [0.3, 0.4) is 0 Å². The molecule has 2 rings (SSSR count). The third-order valence-electron chi connectivity index (χ3n) is 3.28. The number of nitrogens with two attached hydrogens (primary N) is 1. The van der Waals surface area contributed by atoms with E-state index in [-0.39, 0.29) is 0 Å². The van der Waals surface area contributed by atoms with Crippen LogP contribution in [0.15, 0.2) is 15.6 Å². The number of hydrogen-bond acceptors (Lipinski definition) is 3. The molecule has 0 amide bonds. The van der Waals surface area contributed by atoms with Gasteiger partial charge in [0.2, 0.25) is 0 Å². The van der Waals surface area contributed by atoms with Crippen molar-refractivity contribution in [2.75, 3.05) is 0 Å². The van der Waals surface area contributed by atoms with Gasteiger partial charge in [0.15, 0.2) is 11.9 Å². The van der Waals surface area contributed by atoms with E-state index in [2.05, 4.69) is 15.3 Å². The first kappa shape index (κ1) is 12.9. The Hall–Kier alpha value is -1.52. The van der Waals surface area contributed by atoms with Gasteiger partial charge >= 0.3 is 0 Å². The molecule has 0 unspecified atom stereocenters. The second-order valence-corrected chi connectivity index (χ2v) is 4.88. The summed E-state index contributed by atoms with van der Waals surface area (Å²) in [4.78, 5) is 8.31.